The summed E-state index contributed by atoms with van der Waals surface area (Å²) in [5.41, 5.74) is 10.4. The van der Waals surface area contributed by atoms with E-state index in [4.69, 9.17) is 10.5 Å². The largest absolute Gasteiger partial charge is 0.455 e. The van der Waals surface area contributed by atoms with Gasteiger partial charge in [-0.25, -0.2) is 4.98 Å². The van der Waals surface area contributed by atoms with Crippen molar-refractivity contribution in [2.24, 2.45) is 0 Å². The van der Waals surface area contributed by atoms with E-state index < -0.39 is 0 Å². The Balaban J connectivity index is 1.99. The second-order valence-corrected chi connectivity index (χ2v) is 4.98. The van der Waals surface area contributed by atoms with Crippen molar-refractivity contribution in [1.82, 2.24) is 4.98 Å². The number of nitrogens with zero attached hydrogens (tertiary/aromatic N) is 1. The summed E-state index contributed by atoms with van der Waals surface area (Å²) in [6.45, 7) is 2.04. The summed E-state index contributed by atoms with van der Waals surface area (Å²) in [5.74, 6) is 1.43. The number of fused-ring (bicyclic) bond motifs is 1. The number of nitrogens with two attached hydrogens (primary N) is 1. The van der Waals surface area contributed by atoms with E-state index in [1.807, 2.05) is 43.3 Å². The van der Waals surface area contributed by atoms with Crippen LogP contribution in [0.15, 0.2) is 41.9 Å². The van der Waals surface area contributed by atoms with E-state index in [-0.39, 0.29) is 0 Å². The zero-order valence-corrected chi connectivity index (χ0v) is 10.7. The second-order valence-electron chi connectivity index (χ2n) is 4.09. The highest BCUT2D eigenvalue weighted by Gasteiger charge is 2.08. The first-order valence-corrected chi connectivity index (χ1v) is 6.48. The van der Waals surface area contributed by atoms with Gasteiger partial charge in [0.05, 0.1) is 10.2 Å². The molecule has 0 amide bonds. The third-order valence-corrected chi connectivity index (χ3v) is 3.54. The molecule has 4 heteroatoms. The number of rotatable bonds is 2. The minimum Gasteiger partial charge on any atom is -0.455 e. The summed E-state index contributed by atoms with van der Waals surface area (Å²) in [5, 5.41) is 0. The maximum atomic E-state index is 6.06. The summed E-state index contributed by atoms with van der Waals surface area (Å²) in [6, 6.07) is 11.7. The molecule has 0 radical (unpaired) electrons. The summed E-state index contributed by atoms with van der Waals surface area (Å²) < 4.78 is 6.85. The van der Waals surface area contributed by atoms with E-state index in [0.717, 1.165) is 16.0 Å². The van der Waals surface area contributed by atoms with E-state index in [2.05, 4.69) is 4.98 Å². The minimum atomic E-state index is 0.592. The predicted molar refractivity (Wildman–Crippen MR) is 75.3 cm³/mol. The first kappa shape index (κ1) is 11.0. The van der Waals surface area contributed by atoms with Crippen LogP contribution in [0, 0.1) is 6.92 Å². The molecule has 0 fully saturated rings. The van der Waals surface area contributed by atoms with Crippen LogP contribution in [0.5, 0.6) is 11.5 Å². The third kappa shape index (κ3) is 1.91. The Morgan fingerprint density at radius 1 is 1.11 bits per heavy atom. The van der Waals surface area contributed by atoms with Crippen LogP contribution in [-0.2, 0) is 0 Å². The maximum absolute atomic E-state index is 6.06. The monoisotopic (exact) mass is 256 g/mol. The average molecular weight is 256 g/mol. The van der Waals surface area contributed by atoms with E-state index in [1.165, 1.54) is 5.56 Å². The van der Waals surface area contributed by atoms with Crippen LogP contribution in [0.25, 0.3) is 10.2 Å². The molecular formula is C14H12N2OS. The Morgan fingerprint density at radius 3 is 2.67 bits per heavy atom. The number of nitrogen functional groups attached to an aromatic ring is 1. The lowest BCUT2D eigenvalue weighted by Gasteiger charge is -2.08. The summed E-state index contributed by atoms with van der Waals surface area (Å²) in [6.07, 6.45) is 0. The molecule has 0 aliphatic rings. The van der Waals surface area contributed by atoms with Crippen LogP contribution >= 0.6 is 11.3 Å². The van der Waals surface area contributed by atoms with Gasteiger partial charge in [0.1, 0.15) is 17.0 Å². The molecule has 3 rings (SSSR count). The molecule has 18 heavy (non-hydrogen) atoms. The number of thiazole rings is 1. The average Bonchev–Trinajstić information content (AvgIpc) is 2.84. The van der Waals surface area contributed by atoms with Crippen molar-refractivity contribution in [1.29, 1.82) is 0 Å². The molecule has 3 nitrogen and oxygen atoms in total. The van der Waals surface area contributed by atoms with Gasteiger partial charge >= 0.3 is 0 Å². The Bertz CT molecular complexity index is 689. The zero-order valence-electron chi connectivity index (χ0n) is 9.88. The normalized spacial score (nSPS) is 10.7. The van der Waals surface area contributed by atoms with Gasteiger partial charge in [-0.1, -0.05) is 17.7 Å². The minimum absolute atomic E-state index is 0.592. The fraction of sp³-hybridized carbons (Fsp3) is 0.0714. The molecule has 0 aliphatic heterocycles. The molecular weight excluding hydrogens is 244 g/mol. The van der Waals surface area contributed by atoms with Gasteiger partial charge in [-0.3, -0.25) is 0 Å². The summed E-state index contributed by atoms with van der Waals surface area (Å²) in [7, 11) is 0. The first-order chi connectivity index (χ1) is 8.74. The Labute approximate surface area is 109 Å². The fourth-order valence-electron chi connectivity index (χ4n) is 1.76. The summed E-state index contributed by atoms with van der Waals surface area (Å²) in [4.78, 5) is 4.25. The number of aryl methyl sites for hydroxylation is 1. The van der Waals surface area contributed by atoms with Gasteiger partial charge in [0.2, 0.25) is 0 Å². The third-order valence-electron chi connectivity index (χ3n) is 2.75. The van der Waals surface area contributed by atoms with Gasteiger partial charge < -0.3 is 10.5 Å². The molecule has 0 bridgehead atoms. The van der Waals surface area contributed by atoms with E-state index in [9.17, 15) is 0 Å². The van der Waals surface area contributed by atoms with Gasteiger partial charge in [-0.2, -0.15) is 0 Å². The Kier molecular flexibility index (Phi) is 2.64. The van der Waals surface area contributed by atoms with Gasteiger partial charge in [0, 0.05) is 0 Å². The second kappa shape index (κ2) is 4.31. The number of benzene rings is 2. The molecule has 3 aromatic rings. The highest BCUT2D eigenvalue weighted by atomic mass is 32.1. The topological polar surface area (TPSA) is 48.1 Å². The molecule has 0 atom stereocenters. The molecule has 0 saturated heterocycles. The van der Waals surface area contributed by atoms with Crippen molar-refractivity contribution in [3.63, 3.8) is 0 Å². The molecule has 90 valence electrons. The summed E-state index contributed by atoms with van der Waals surface area (Å²) >= 11 is 1.57. The van der Waals surface area contributed by atoms with Crippen LogP contribution in [-0.4, -0.2) is 4.98 Å². The molecule has 2 N–H and O–H groups in total. The maximum Gasteiger partial charge on any atom is 0.152 e. The van der Waals surface area contributed by atoms with Gasteiger partial charge in [-0.15, -0.1) is 11.3 Å². The van der Waals surface area contributed by atoms with Crippen LogP contribution in [0.4, 0.5) is 5.69 Å². The van der Waals surface area contributed by atoms with Crippen LogP contribution in [0.3, 0.4) is 0 Å². The standard InChI is InChI=1S/C14H12N2OS/c1-9-2-4-10(5-3-9)17-11-6-7-12-14(13(11)15)16-8-18-12/h2-8H,15H2,1H3. The van der Waals surface area contributed by atoms with Crippen molar-refractivity contribution in [3.8, 4) is 11.5 Å². The van der Waals surface area contributed by atoms with Gasteiger partial charge in [0.25, 0.3) is 0 Å². The SMILES string of the molecule is Cc1ccc(Oc2ccc3scnc3c2N)cc1. The van der Waals surface area contributed by atoms with E-state index >= 15 is 0 Å². The molecule has 1 aromatic heterocycles. The quantitative estimate of drug-likeness (QED) is 0.705. The zero-order chi connectivity index (χ0) is 12.5. The first-order valence-electron chi connectivity index (χ1n) is 5.60. The number of hydrogen-bond donors (Lipinski definition) is 1. The van der Waals surface area contributed by atoms with Crippen LogP contribution in [0.2, 0.25) is 0 Å². The van der Waals surface area contributed by atoms with Crippen molar-refractivity contribution in [2.45, 2.75) is 6.92 Å². The van der Waals surface area contributed by atoms with Crippen molar-refractivity contribution in [2.75, 3.05) is 5.73 Å². The molecule has 2 aromatic carbocycles. The Morgan fingerprint density at radius 2 is 1.89 bits per heavy atom. The lowest BCUT2D eigenvalue weighted by molar-refractivity contribution is 0.485. The highest BCUT2D eigenvalue weighted by molar-refractivity contribution is 7.16. The van der Waals surface area contributed by atoms with Crippen molar-refractivity contribution < 1.29 is 4.74 Å². The molecule has 0 unspecified atom stereocenters. The highest BCUT2D eigenvalue weighted by Crippen LogP contribution is 2.34. The van der Waals surface area contributed by atoms with E-state index in [1.54, 1.807) is 16.8 Å². The van der Waals surface area contributed by atoms with Crippen molar-refractivity contribution >= 4 is 27.2 Å². The van der Waals surface area contributed by atoms with Gasteiger partial charge in [0.15, 0.2) is 5.75 Å². The van der Waals surface area contributed by atoms with Crippen molar-refractivity contribution in [3.05, 3.63) is 47.5 Å². The Hall–Kier alpha value is -2.07. The van der Waals surface area contributed by atoms with Crippen LogP contribution in [0.1, 0.15) is 5.56 Å². The smallest absolute Gasteiger partial charge is 0.152 e. The fourth-order valence-corrected chi connectivity index (χ4v) is 2.45. The number of anilines is 1. The number of ether oxygens (including phenoxy) is 1. The number of aromatic nitrogens is 1. The molecule has 1 heterocycles. The molecule has 0 saturated carbocycles. The lowest BCUT2D eigenvalue weighted by Crippen LogP contribution is -1.93. The van der Waals surface area contributed by atoms with E-state index in [0.29, 0.717) is 11.4 Å². The molecule has 0 aliphatic carbocycles. The lowest BCUT2D eigenvalue weighted by atomic mass is 10.2. The molecule has 0 spiro atoms. The van der Waals surface area contributed by atoms with Gasteiger partial charge in [-0.05, 0) is 31.2 Å². The van der Waals surface area contributed by atoms with Crippen LogP contribution < -0.4 is 10.5 Å². The number of hydrogen-bond acceptors (Lipinski definition) is 4. The predicted octanol–water partition coefficient (Wildman–Crippen LogP) is 3.98.